The highest BCUT2D eigenvalue weighted by molar-refractivity contribution is 7.86. The van der Waals surface area contributed by atoms with Crippen molar-refractivity contribution >= 4 is 10.2 Å². The maximum Gasteiger partial charge on any atom is 0.281 e. The molecule has 2 aliphatic rings. The highest BCUT2D eigenvalue weighted by Gasteiger charge is 2.39. The highest BCUT2D eigenvalue weighted by atomic mass is 32.2. The summed E-state index contributed by atoms with van der Waals surface area (Å²) in [5.41, 5.74) is 0. The molecule has 1 N–H and O–H groups in total. The van der Waals surface area contributed by atoms with E-state index in [9.17, 15) is 8.42 Å². The summed E-state index contributed by atoms with van der Waals surface area (Å²) in [5.74, 6) is 0.994. The average molecular weight is 317 g/mol. The van der Waals surface area contributed by atoms with Crippen LogP contribution in [-0.4, -0.2) is 55.8 Å². The third-order valence-corrected chi connectivity index (χ3v) is 6.91. The van der Waals surface area contributed by atoms with E-state index in [1.165, 1.54) is 12.8 Å². The van der Waals surface area contributed by atoms with Gasteiger partial charge in [0, 0.05) is 32.2 Å². The van der Waals surface area contributed by atoms with Crippen LogP contribution in [0.5, 0.6) is 0 Å². The fourth-order valence-corrected chi connectivity index (χ4v) is 4.79. The molecule has 1 aliphatic carbocycles. The van der Waals surface area contributed by atoms with E-state index in [1.54, 1.807) is 15.7 Å². The minimum atomic E-state index is -3.30. The Morgan fingerprint density at radius 3 is 2.48 bits per heavy atom. The third-order valence-electron chi connectivity index (χ3n) is 4.86. The van der Waals surface area contributed by atoms with Gasteiger partial charge in [-0.05, 0) is 51.0 Å². The molecule has 124 valence electrons. The Kier molecular flexibility index (Phi) is 5.68. The first-order valence-electron chi connectivity index (χ1n) is 8.29. The second-order valence-electron chi connectivity index (χ2n) is 7.03. The quantitative estimate of drug-likeness (QED) is 0.777. The monoisotopic (exact) mass is 317 g/mol. The molecule has 1 heterocycles. The van der Waals surface area contributed by atoms with Crippen LogP contribution in [0.1, 0.15) is 46.5 Å². The molecule has 21 heavy (non-hydrogen) atoms. The van der Waals surface area contributed by atoms with Gasteiger partial charge in [-0.3, -0.25) is 0 Å². The summed E-state index contributed by atoms with van der Waals surface area (Å²) < 4.78 is 28.8. The van der Waals surface area contributed by atoms with Gasteiger partial charge in [-0.1, -0.05) is 13.8 Å². The van der Waals surface area contributed by atoms with Crippen LogP contribution in [0, 0.1) is 11.8 Å². The van der Waals surface area contributed by atoms with Gasteiger partial charge in [0.05, 0.1) is 0 Å². The Labute approximate surface area is 130 Å². The van der Waals surface area contributed by atoms with Gasteiger partial charge < -0.3 is 5.32 Å². The number of nitrogens with zero attached hydrogens (tertiary/aromatic N) is 2. The lowest BCUT2D eigenvalue weighted by molar-refractivity contribution is 0.233. The van der Waals surface area contributed by atoms with E-state index in [4.69, 9.17) is 0 Å². The molecule has 0 amide bonds. The van der Waals surface area contributed by atoms with Gasteiger partial charge in [0.25, 0.3) is 10.2 Å². The fourth-order valence-electron chi connectivity index (χ4n) is 3.07. The maximum atomic E-state index is 12.8. The molecule has 2 unspecified atom stereocenters. The van der Waals surface area contributed by atoms with E-state index < -0.39 is 10.2 Å². The van der Waals surface area contributed by atoms with E-state index in [0.717, 1.165) is 19.4 Å². The lowest BCUT2D eigenvalue weighted by Gasteiger charge is -2.36. The van der Waals surface area contributed by atoms with Crippen LogP contribution in [0.25, 0.3) is 0 Å². The molecule has 1 saturated carbocycles. The summed E-state index contributed by atoms with van der Waals surface area (Å²) in [6.07, 6.45) is 4.42. The first-order chi connectivity index (χ1) is 9.82. The number of rotatable bonds is 7. The molecule has 0 radical (unpaired) electrons. The zero-order chi connectivity index (χ0) is 15.6. The van der Waals surface area contributed by atoms with Crippen LogP contribution in [0.2, 0.25) is 0 Å². The molecule has 6 heteroatoms. The Hall–Kier alpha value is -0.170. The Bertz CT molecular complexity index is 434. The van der Waals surface area contributed by atoms with Crippen LogP contribution in [0.3, 0.4) is 0 Å². The molecule has 1 saturated heterocycles. The third kappa shape index (κ3) is 4.41. The van der Waals surface area contributed by atoms with Crippen molar-refractivity contribution in [1.29, 1.82) is 0 Å². The minimum absolute atomic E-state index is 0.129. The van der Waals surface area contributed by atoms with E-state index in [0.29, 0.717) is 31.0 Å². The van der Waals surface area contributed by atoms with Crippen molar-refractivity contribution in [2.45, 2.75) is 58.5 Å². The second kappa shape index (κ2) is 6.94. The predicted octanol–water partition coefficient (Wildman–Crippen LogP) is 1.67. The molecule has 0 aromatic carbocycles. The van der Waals surface area contributed by atoms with Crippen LogP contribution in [-0.2, 0) is 10.2 Å². The summed E-state index contributed by atoms with van der Waals surface area (Å²) in [5, 5.41) is 3.43. The smallest absolute Gasteiger partial charge is 0.281 e. The van der Waals surface area contributed by atoms with Crippen molar-refractivity contribution in [2.24, 2.45) is 11.8 Å². The first kappa shape index (κ1) is 17.2. The Balaban J connectivity index is 1.95. The number of piperidine rings is 1. The van der Waals surface area contributed by atoms with Crippen molar-refractivity contribution < 1.29 is 8.42 Å². The van der Waals surface area contributed by atoms with E-state index >= 15 is 0 Å². The van der Waals surface area contributed by atoms with E-state index in [2.05, 4.69) is 19.2 Å². The predicted molar refractivity (Wildman–Crippen MR) is 86.3 cm³/mol. The van der Waals surface area contributed by atoms with Crippen LogP contribution < -0.4 is 5.32 Å². The molecule has 1 aliphatic heterocycles. The minimum Gasteiger partial charge on any atom is -0.314 e. The van der Waals surface area contributed by atoms with Crippen molar-refractivity contribution in [1.82, 2.24) is 13.9 Å². The molecule has 2 fully saturated rings. The Morgan fingerprint density at radius 1 is 1.24 bits per heavy atom. The standard InChI is InChI=1S/C15H31N3O2S/c1-12(2)16-10-14-6-5-9-18(11-14)21(19,20)17(4)13(3)15-7-8-15/h12-16H,5-11H2,1-4H3. The molecule has 0 spiro atoms. The van der Waals surface area contributed by atoms with Crippen LogP contribution in [0.15, 0.2) is 0 Å². The van der Waals surface area contributed by atoms with Gasteiger partial charge in [-0.2, -0.15) is 17.0 Å². The van der Waals surface area contributed by atoms with E-state index in [-0.39, 0.29) is 6.04 Å². The zero-order valence-corrected chi connectivity index (χ0v) is 14.7. The zero-order valence-electron chi connectivity index (χ0n) is 13.9. The summed E-state index contributed by atoms with van der Waals surface area (Å²) in [7, 11) is -1.55. The van der Waals surface area contributed by atoms with Crippen molar-refractivity contribution in [2.75, 3.05) is 26.7 Å². The van der Waals surface area contributed by atoms with Crippen LogP contribution in [0.4, 0.5) is 0 Å². The maximum absolute atomic E-state index is 12.8. The highest BCUT2D eigenvalue weighted by Crippen LogP contribution is 2.36. The normalized spacial score (nSPS) is 26.5. The average Bonchev–Trinajstić information content (AvgIpc) is 3.28. The molecule has 0 bridgehead atoms. The molecule has 0 aromatic heterocycles. The topological polar surface area (TPSA) is 52.7 Å². The molecular weight excluding hydrogens is 286 g/mol. The molecular formula is C15H31N3O2S. The van der Waals surface area contributed by atoms with Gasteiger partial charge >= 0.3 is 0 Å². The first-order valence-corrected chi connectivity index (χ1v) is 9.68. The SMILES string of the molecule is CC(C)NCC1CCCN(S(=O)(=O)N(C)C(C)C2CC2)C1. The lowest BCUT2D eigenvalue weighted by atomic mass is 9.99. The molecule has 0 aromatic rings. The molecule has 2 atom stereocenters. The van der Waals surface area contributed by atoms with Gasteiger partial charge in [0.15, 0.2) is 0 Å². The lowest BCUT2D eigenvalue weighted by Crippen LogP contribution is -2.51. The van der Waals surface area contributed by atoms with E-state index in [1.807, 2.05) is 6.92 Å². The number of hydrogen-bond donors (Lipinski definition) is 1. The van der Waals surface area contributed by atoms with Gasteiger partial charge in [-0.15, -0.1) is 0 Å². The summed E-state index contributed by atoms with van der Waals surface area (Å²) in [6, 6.07) is 0.582. The van der Waals surface area contributed by atoms with Gasteiger partial charge in [-0.25, -0.2) is 0 Å². The van der Waals surface area contributed by atoms with Crippen molar-refractivity contribution in [3.63, 3.8) is 0 Å². The molecule has 5 nitrogen and oxygen atoms in total. The largest absolute Gasteiger partial charge is 0.314 e. The summed E-state index contributed by atoms with van der Waals surface area (Å²) in [6.45, 7) is 8.53. The summed E-state index contributed by atoms with van der Waals surface area (Å²) >= 11 is 0. The number of hydrogen-bond acceptors (Lipinski definition) is 3. The van der Waals surface area contributed by atoms with Crippen LogP contribution >= 0.6 is 0 Å². The molecule has 2 rings (SSSR count). The van der Waals surface area contributed by atoms with Gasteiger partial charge in [0.1, 0.15) is 0 Å². The second-order valence-corrected chi connectivity index (χ2v) is 9.02. The van der Waals surface area contributed by atoms with Crippen molar-refractivity contribution in [3.05, 3.63) is 0 Å². The summed E-state index contributed by atoms with van der Waals surface area (Å²) in [4.78, 5) is 0. The van der Waals surface area contributed by atoms with Crippen molar-refractivity contribution in [3.8, 4) is 0 Å². The Morgan fingerprint density at radius 2 is 1.90 bits per heavy atom. The van der Waals surface area contributed by atoms with Gasteiger partial charge in [0.2, 0.25) is 0 Å². The number of nitrogens with one attached hydrogen (secondary N) is 1. The fraction of sp³-hybridized carbons (Fsp3) is 1.00.